The number of carbonyl (C=O) groups is 2. The molecule has 0 unspecified atom stereocenters. The number of hydrogen-bond acceptors (Lipinski definition) is 6. The smallest absolute Gasteiger partial charge is 0.253 e. The predicted molar refractivity (Wildman–Crippen MR) is 123 cm³/mol. The van der Waals surface area contributed by atoms with Gasteiger partial charge in [-0.25, -0.2) is 9.97 Å². The van der Waals surface area contributed by atoms with Crippen LogP contribution in [0, 0.1) is 0 Å². The van der Waals surface area contributed by atoms with Gasteiger partial charge >= 0.3 is 0 Å². The van der Waals surface area contributed by atoms with Gasteiger partial charge in [0.2, 0.25) is 5.91 Å². The Bertz CT molecular complexity index is 941. The molecule has 0 atom stereocenters. The molecule has 0 bridgehead atoms. The van der Waals surface area contributed by atoms with Crippen LogP contribution in [0.15, 0.2) is 35.5 Å². The van der Waals surface area contributed by atoms with Crippen LogP contribution >= 0.6 is 23.4 Å². The average molecular weight is 460 g/mol. The Kier molecular flexibility index (Phi) is 6.97. The van der Waals surface area contributed by atoms with Crippen LogP contribution in [0.25, 0.3) is 0 Å². The van der Waals surface area contributed by atoms with E-state index in [1.54, 1.807) is 11.8 Å². The molecular formula is C22H26ClN5O2S. The summed E-state index contributed by atoms with van der Waals surface area (Å²) in [4.78, 5) is 39.0. The predicted octanol–water partition coefficient (Wildman–Crippen LogP) is 3.33. The molecule has 3 heterocycles. The topological polar surface area (TPSA) is 69.6 Å². The second-order valence-corrected chi connectivity index (χ2v) is 9.14. The van der Waals surface area contributed by atoms with E-state index in [0.29, 0.717) is 47.8 Å². The lowest BCUT2D eigenvalue weighted by atomic mass is 10.1. The van der Waals surface area contributed by atoms with Crippen LogP contribution in [0.1, 0.15) is 35.7 Å². The summed E-state index contributed by atoms with van der Waals surface area (Å²) in [5, 5.41) is 1.13. The van der Waals surface area contributed by atoms with Crippen LogP contribution in [0.2, 0.25) is 5.15 Å². The van der Waals surface area contributed by atoms with Crippen LogP contribution in [-0.4, -0.2) is 70.9 Å². The van der Waals surface area contributed by atoms with E-state index in [1.165, 1.54) is 24.6 Å². The molecule has 9 heteroatoms. The normalized spacial score (nSPS) is 16.6. The highest BCUT2D eigenvalue weighted by molar-refractivity contribution is 7.98. The van der Waals surface area contributed by atoms with Crippen molar-refractivity contribution in [3.05, 3.63) is 46.6 Å². The Balaban J connectivity index is 1.34. The average Bonchev–Trinajstić information content (AvgIpc) is 3.32. The minimum absolute atomic E-state index is 0.0100. The van der Waals surface area contributed by atoms with Crippen molar-refractivity contribution < 1.29 is 9.59 Å². The molecule has 0 spiro atoms. The zero-order valence-electron chi connectivity index (χ0n) is 17.6. The molecule has 2 aromatic rings. The molecule has 1 aromatic carbocycles. The molecule has 1 aromatic heterocycles. The summed E-state index contributed by atoms with van der Waals surface area (Å²) in [5.41, 5.74) is 1.76. The first kappa shape index (κ1) is 21.9. The number of nitrogens with zero attached hydrogens (tertiary/aromatic N) is 5. The van der Waals surface area contributed by atoms with Gasteiger partial charge in [-0.1, -0.05) is 35.5 Å². The van der Waals surface area contributed by atoms with E-state index in [9.17, 15) is 9.59 Å². The van der Waals surface area contributed by atoms with Crippen molar-refractivity contribution in [1.29, 1.82) is 0 Å². The summed E-state index contributed by atoms with van der Waals surface area (Å²) in [6.45, 7) is 5.91. The van der Waals surface area contributed by atoms with Gasteiger partial charge in [0.1, 0.15) is 11.0 Å². The number of piperazine rings is 1. The molecule has 2 amide bonds. The number of carbonyl (C=O) groups excluding carboxylic acids is 2. The third-order valence-electron chi connectivity index (χ3n) is 5.67. The number of amides is 2. The maximum atomic E-state index is 12.7. The number of hydrogen-bond donors (Lipinski definition) is 0. The summed E-state index contributed by atoms with van der Waals surface area (Å²) in [6, 6.07) is 9.50. The first-order valence-corrected chi connectivity index (χ1v) is 11.9. The molecule has 4 rings (SSSR count). The van der Waals surface area contributed by atoms with E-state index in [0.717, 1.165) is 24.5 Å². The van der Waals surface area contributed by atoms with Gasteiger partial charge in [-0.05, 0) is 30.5 Å². The SMILES string of the molecule is CC(=O)N1CCN(C(=O)c2ccc(CSc3nc(Cl)cc(N4CCCC4)n3)cc2)CC1. The van der Waals surface area contributed by atoms with Crippen molar-refractivity contribution >= 4 is 41.0 Å². The fraction of sp³-hybridized carbons (Fsp3) is 0.455. The second kappa shape index (κ2) is 9.87. The summed E-state index contributed by atoms with van der Waals surface area (Å²) in [5.74, 6) is 1.66. The zero-order valence-corrected chi connectivity index (χ0v) is 19.2. The highest BCUT2D eigenvalue weighted by Crippen LogP contribution is 2.26. The van der Waals surface area contributed by atoms with Gasteiger partial charge in [0.15, 0.2) is 5.16 Å². The van der Waals surface area contributed by atoms with Crippen molar-refractivity contribution in [3.8, 4) is 0 Å². The lowest BCUT2D eigenvalue weighted by Gasteiger charge is -2.34. The van der Waals surface area contributed by atoms with E-state index in [1.807, 2.05) is 35.2 Å². The van der Waals surface area contributed by atoms with E-state index < -0.39 is 0 Å². The maximum Gasteiger partial charge on any atom is 0.253 e. The van der Waals surface area contributed by atoms with Crippen molar-refractivity contribution in [1.82, 2.24) is 19.8 Å². The number of thioether (sulfide) groups is 1. The van der Waals surface area contributed by atoms with Crippen LogP contribution in [0.4, 0.5) is 5.82 Å². The molecule has 164 valence electrons. The third-order valence-corrected chi connectivity index (χ3v) is 6.78. The van der Waals surface area contributed by atoms with Crippen LogP contribution < -0.4 is 4.90 Å². The van der Waals surface area contributed by atoms with E-state index in [-0.39, 0.29) is 11.8 Å². The minimum atomic E-state index is 0.0100. The first-order valence-electron chi connectivity index (χ1n) is 10.6. The summed E-state index contributed by atoms with van der Waals surface area (Å²) in [6.07, 6.45) is 2.36. The molecule has 2 saturated heterocycles. The van der Waals surface area contributed by atoms with Gasteiger partial charge in [-0.15, -0.1) is 0 Å². The Morgan fingerprint density at radius 3 is 2.26 bits per heavy atom. The lowest BCUT2D eigenvalue weighted by Crippen LogP contribution is -2.50. The second-order valence-electron chi connectivity index (χ2n) is 7.81. The molecule has 0 N–H and O–H groups in total. The molecule has 0 aliphatic carbocycles. The van der Waals surface area contributed by atoms with Gasteiger partial charge in [0.25, 0.3) is 5.91 Å². The molecule has 0 radical (unpaired) electrons. The molecule has 2 aliphatic heterocycles. The van der Waals surface area contributed by atoms with Gasteiger partial charge in [-0.2, -0.15) is 0 Å². The maximum absolute atomic E-state index is 12.7. The largest absolute Gasteiger partial charge is 0.356 e. The molecule has 2 fully saturated rings. The quantitative estimate of drug-likeness (QED) is 0.388. The van der Waals surface area contributed by atoms with Crippen molar-refractivity contribution in [2.24, 2.45) is 0 Å². The number of benzene rings is 1. The van der Waals surface area contributed by atoms with E-state index in [4.69, 9.17) is 11.6 Å². The summed E-state index contributed by atoms with van der Waals surface area (Å²) < 4.78 is 0. The van der Waals surface area contributed by atoms with Gasteiger partial charge in [-0.3, -0.25) is 9.59 Å². The Labute approximate surface area is 191 Å². The number of rotatable bonds is 5. The van der Waals surface area contributed by atoms with Crippen LogP contribution in [-0.2, 0) is 10.5 Å². The Morgan fingerprint density at radius 2 is 1.61 bits per heavy atom. The summed E-state index contributed by atoms with van der Waals surface area (Å²) in [7, 11) is 0. The standard InChI is InChI=1S/C22H26ClN5O2S/c1-16(29)26-10-12-28(13-11-26)21(30)18-6-4-17(5-7-18)15-31-22-24-19(23)14-20(25-22)27-8-2-3-9-27/h4-7,14H,2-3,8-13,15H2,1H3. The van der Waals surface area contributed by atoms with Gasteiger partial charge in [0, 0.05) is 63.6 Å². The highest BCUT2D eigenvalue weighted by Gasteiger charge is 2.23. The van der Waals surface area contributed by atoms with Crippen LogP contribution in [0.3, 0.4) is 0 Å². The fourth-order valence-corrected chi connectivity index (χ4v) is 4.89. The van der Waals surface area contributed by atoms with E-state index in [2.05, 4.69) is 14.9 Å². The van der Waals surface area contributed by atoms with Crippen molar-refractivity contribution in [3.63, 3.8) is 0 Å². The molecule has 7 nitrogen and oxygen atoms in total. The number of anilines is 1. The van der Waals surface area contributed by atoms with Crippen molar-refractivity contribution in [2.45, 2.75) is 30.7 Å². The lowest BCUT2D eigenvalue weighted by molar-refractivity contribution is -0.130. The Morgan fingerprint density at radius 1 is 0.968 bits per heavy atom. The number of aromatic nitrogens is 2. The Hall–Kier alpha value is -2.32. The molecular weight excluding hydrogens is 434 g/mol. The minimum Gasteiger partial charge on any atom is -0.356 e. The molecule has 0 saturated carbocycles. The van der Waals surface area contributed by atoms with Crippen LogP contribution in [0.5, 0.6) is 0 Å². The number of halogens is 1. The van der Waals surface area contributed by atoms with Gasteiger partial charge in [0.05, 0.1) is 0 Å². The first-order chi connectivity index (χ1) is 15.0. The third kappa shape index (κ3) is 5.49. The summed E-state index contributed by atoms with van der Waals surface area (Å²) >= 11 is 7.75. The van der Waals surface area contributed by atoms with E-state index >= 15 is 0 Å². The highest BCUT2D eigenvalue weighted by atomic mass is 35.5. The monoisotopic (exact) mass is 459 g/mol. The zero-order chi connectivity index (χ0) is 21.8. The fourth-order valence-electron chi connectivity index (χ4n) is 3.86. The molecule has 2 aliphatic rings. The molecule has 31 heavy (non-hydrogen) atoms. The van der Waals surface area contributed by atoms with Gasteiger partial charge < -0.3 is 14.7 Å². The van der Waals surface area contributed by atoms with Crippen molar-refractivity contribution in [2.75, 3.05) is 44.2 Å².